The molecular formula is C14H16ClN3O. The minimum absolute atomic E-state index is 0.313. The number of nitrogens with two attached hydrogens (primary N) is 1. The minimum atomic E-state index is 0.313. The fourth-order valence-electron chi connectivity index (χ4n) is 2.63. The van der Waals surface area contributed by atoms with E-state index in [4.69, 9.17) is 21.9 Å². The van der Waals surface area contributed by atoms with E-state index in [-0.39, 0.29) is 0 Å². The number of nitrogen functional groups attached to an aromatic ring is 1. The van der Waals surface area contributed by atoms with Crippen LogP contribution in [0, 0.1) is 0 Å². The van der Waals surface area contributed by atoms with Crippen molar-refractivity contribution in [2.45, 2.75) is 12.3 Å². The van der Waals surface area contributed by atoms with Crippen molar-refractivity contribution in [3.63, 3.8) is 0 Å². The second-order valence-corrected chi connectivity index (χ2v) is 5.51. The van der Waals surface area contributed by atoms with Crippen LogP contribution in [-0.2, 0) is 0 Å². The van der Waals surface area contributed by atoms with E-state index in [0.29, 0.717) is 11.8 Å². The van der Waals surface area contributed by atoms with Gasteiger partial charge in [0.15, 0.2) is 0 Å². The fraction of sp³-hybridized carbons (Fsp3) is 0.357. The van der Waals surface area contributed by atoms with Gasteiger partial charge in [0, 0.05) is 23.2 Å². The molecule has 1 aliphatic heterocycles. The summed E-state index contributed by atoms with van der Waals surface area (Å²) in [5.41, 5.74) is 8.39. The van der Waals surface area contributed by atoms with Crippen molar-refractivity contribution in [2.75, 3.05) is 25.9 Å². The van der Waals surface area contributed by atoms with Crippen LogP contribution in [-0.4, -0.2) is 30.2 Å². The van der Waals surface area contributed by atoms with E-state index in [0.717, 1.165) is 35.8 Å². The van der Waals surface area contributed by atoms with Crippen LogP contribution in [0.3, 0.4) is 0 Å². The highest BCUT2D eigenvalue weighted by Gasteiger charge is 2.23. The zero-order chi connectivity index (χ0) is 13.4. The van der Waals surface area contributed by atoms with Crippen LogP contribution in [0.1, 0.15) is 17.9 Å². The van der Waals surface area contributed by atoms with Gasteiger partial charge < -0.3 is 15.2 Å². The molecule has 100 valence electrons. The number of anilines is 1. The van der Waals surface area contributed by atoms with Crippen LogP contribution in [0.4, 0.5) is 5.88 Å². The number of nitrogens with zero attached hydrogens (tertiary/aromatic N) is 2. The number of likely N-dealkylation sites (N-methyl/N-ethyl adjacent to an activating group) is 1. The van der Waals surface area contributed by atoms with E-state index in [2.05, 4.69) is 23.2 Å². The Morgan fingerprint density at radius 1 is 1.42 bits per heavy atom. The average Bonchev–Trinajstić information content (AvgIpc) is 2.98. The predicted octanol–water partition coefficient (Wildman–Crippen LogP) is 3.00. The number of benzene rings is 1. The molecule has 1 unspecified atom stereocenters. The molecular weight excluding hydrogens is 262 g/mol. The number of likely N-dealkylation sites (tertiary alicyclic amines) is 1. The summed E-state index contributed by atoms with van der Waals surface area (Å²) in [6.45, 7) is 2.19. The second kappa shape index (κ2) is 4.87. The van der Waals surface area contributed by atoms with Gasteiger partial charge in [-0.15, -0.1) is 0 Å². The van der Waals surface area contributed by atoms with Gasteiger partial charge in [0.25, 0.3) is 0 Å². The molecule has 2 N–H and O–H groups in total. The van der Waals surface area contributed by atoms with Gasteiger partial charge in [0.1, 0.15) is 5.69 Å². The van der Waals surface area contributed by atoms with Crippen LogP contribution in [0.2, 0.25) is 5.02 Å². The monoisotopic (exact) mass is 277 g/mol. The Labute approximate surface area is 117 Å². The minimum Gasteiger partial charge on any atom is -0.368 e. The van der Waals surface area contributed by atoms with Crippen molar-refractivity contribution in [2.24, 2.45) is 0 Å². The number of halogens is 1. The van der Waals surface area contributed by atoms with E-state index < -0.39 is 0 Å². The van der Waals surface area contributed by atoms with Gasteiger partial charge >= 0.3 is 0 Å². The van der Waals surface area contributed by atoms with Crippen molar-refractivity contribution in [3.05, 3.63) is 34.9 Å². The van der Waals surface area contributed by atoms with Gasteiger partial charge in [-0.05, 0) is 37.6 Å². The quantitative estimate of drug-likeness (QED) is 0.917. The number of hydrogen-bond acceptors (Lipinski definition) is 4. The van der Waals surface area contributed by atoms with Gasteiger partial charge in [-0.3, -0.25) is 0 Å². The third-order valence-electron chi connectivity index (χ3n) is 3.66. The van der Waals surface area contributed by atoms with Crippen molar-refractivity contribution < 1.29 is 4.52 Å². The first-order chi connectivity index (χ1) is 9.13. The maximum atomic E-state index is 6.41. The lowest BCUT2D eigenvalue weighted by Gasteiger charge is -2.13. The highest BCUT2D eigenvalue weighted by atomic mass is 35.5. The van der Waals surface area contributed by atoms with Gasteiger partial charge in [-0.2, -0.15) is 0 Å². The van der Waals surface area contributed by atoms with Crippen LogP contribution < -0.4 is 5.73 Å². The first-order valence-electron chi connectivity index (χ1n) is 6.34. The van der Waals surface area contributed by atoms with Crippen LogP contribution in [0.5, 0.6) is 0 Å². The molecule has 3 rings (SSSR count). The molecule has 2 aromatic rings. The summed E-state index contributed by atoms with van der Waals surface area (Å²) in [5, 5.41) is 4.69. The average molecular weight is 278 g/mol. The van der Waals surface area contributed by atoms with Gasteiger partial charge in [0.2, 0.25) is 5.88 Å². The second-order valence-electron chi connectivity index (χ2n) is 5.10. The molecule has 0 radical (unpaired) electrons. The molecule has 1 saturated heterocycles. The van der Waals surface area contributed by atoms with Crippen molar-refractivity contribution in [1.29, 1.82) is 0 Å². The number of hydrogen-bond donors (Lipinski definition) is 1. The number of rotatable bonds is 2. The maximum Gasteiger partial charge on any atom is 0.222 e. The highest BCUT2D eigenvalue weighted by Crippen LogP contribution is 2.34. The van der Waals surface area contributed by atoms with Crippen molar-refractivity contribution >= 4 is 17.5 Å². The predicted molar refractivity (Wildman–Crippen MR) is 76.2 cm³/mol. The molecule has 0 bridgehead atoms. The Kier molecular flexibility index (Phi) is 3.21. The SMILES string of the molecule is CN1CCC(c2ccc(-c3cc(N)on3)cc2Cl)C1. The van der Waals surface area contributed by atoms with Crippen molar-refractivity contribution in [3.8, 4) is 11.3 Å². The molecule has 4 nitrogen and oxygen atoms in total. The summed E-state index contributed by atoms with van der Waals surface area (Å²) >= 11 is 6.41. The van der Waals surface area contributed by atoms with Crippen LogP contribution >= 0.6 is 11.6 Å². The van der Waals surface area contributed by atoms with Gasteiger partial charge in [0.05, 0.1) is 0 Å². The lowest BCUT2D eigenvalue weighted by molar-refractivity contribution is 0.411. The first kappa shape index (κ1) is 12.5. The Morgan fingerprint density at radius 2 is 2.26 bits per heavy atom. The zero-order valence-corrected chi connectivity index (χ0v) is 11.5. The summed E-state index contributed by atoms with van der Waals surface area (Å²) in [7, 11) is 2.14. The molecule has 0 aliphatic carbocycles. The lowest BCUT2D eigenvalue weighted by atomic mass is 9.96. The van der Waals surface area contributed by atoms with Crippen molar-refractivity contribution in [1.82, 2.24) is 10.1 Å². The normalized spacial score (nSPS) is 20.0. The Bertz CT molecular complexity index is 596. The third-order valence-corrected chi connectivity index (χ3v) is 3.98. The third kappa shape index (κ3) is 2.46. The van der Waals surface area contributed by atoms with E-state index in [1.807, 2.05) is 12.1 Å². The fourth-order valence-corrected chi connectivity index (χ4v) is 2.97. The molecule has 0 amide bonds. The summed E-state index contributed by atoms with van der Waals surface area (Å²) in [4.78, 5) is 2.33. The summed E-state index contributed by atoms with van der Waals surface area (Å²) in [6, 6.07) is 7.75. The van der Waals surface area contributed by atoms with E-state index in [1.165, 1.54) is 5.56 Å². The Hall–Kier alpha value is -1.52. The van der Waals surface area contributed by atoms with E-state index in [9.17, 15) is 0 Å². The molecule has 19 heavy (non-hydrogen) atoms. The first-order valence-corrected chi connectivity index (χ1v) is 6.72. The molecule has 2 heterocycles. The standard InChI is InChI=1S/C14H16ClN3O/c1-18-5-4-10(8-18)11-3-2-9(6-12(11)15)13-7-14(16)19-17-13/h2-3,6-7,10H,4-5,8,16H2,1H3. The maximum absolute atomic E-state index is 6.41. The summed E-state index contributed by atoms with van der Waals surface area (Å²) in [5.74, 6) is 0.835. The molecule has 0 spiro atoms. The van der Waals surface area contributed by atoms with Crippen LogP contribution in [0.25, 0.3) is 11.3 Å². The molecule has 1 atom stereocenters. The van der Waals surface area contributed by atoms with Gasteiger partial charge in [-0.25, -0.2) is 0 Å². The molecule has 1 aromatic heterocycles. The lowest BCUT2D eigenvalue weighted by Crippen LogP contribution is -2.13. The largest absolute Gasteiger partial charge is 0.368 e. The number of aromatic nitrogens is 1. The van der Waals surface area contributed by atoms with Crippen LogP contribution in [0.15, 0.2) is 28.8 Å². The van der Waals surface area contributed by atoms with Gasteiger partial charge in [-0.1, -0.05) is 28.9 Å². The Balaban J connectivity index is 1.89. The Morgan fingerprint density at radius 3 is 2.84 bits per heavy atom. The highest BCUT2D eigenvalue weighted by molar-refractivity contribution is 6.31. The summed E-state index contributed by atoms with van der Waals surface area (Å²) < 4.78 is 4.88. The molecule has 1 aromatic carbocycles. The van der Waals surface area contributed by atoms with E-state index in [1.54, 1.807) is 6.07 Å². The molecule has 1 aliphatic rings. The molecule has 0 saturated carbocycles. The molecule has 1 fully saturated rings. The zero-order valence-electron chi connectivity index (χ0n) is 10.8. The topological polar surface area (TPSA) is 55.3 Å². The molecule has 5 heteroatoms. The smallest absolute Gasteiger partial charge is 0.222 e. The summed E-state index contributed by atoms with van der Waals surface area (Å²) in [6.07, 6.45) is 1.16. The van der Waals surface area contributed by atoms with E-state index >= 15 is 0 Å².